The molecule has 1 N–H and O–H groups in total. The number of piperidine rings is 1. The third-order valence-corrected chi connectivity index (χ3v) is 5.81. The summed E-state index contributed by atoms with van der Waals surface area (Å²) >= 11 is 1.84. The first-order chi connectivity index (χ1) is 11.1. The van der Waals surface area contributed by atoms with Gasteiger partial charge in [0.2, 0.25) is 0 Å². The van der Waals surface area contributed by atoms with Gasteiger partial charge in [0, 0.05) is 9.75 Å². The van der Waals surface area contributed by atoms with Crippen molar-refractivity contribution in [2.24, 2.45) is 5.92 Å². The van der Waals surface area contributed by atoms with Crippen molar-refractivity contribution in [3.63, 3.8) is 0 Å². The second-order valence-corrected chi connectivity index (χ2v) is 7.68. The van der Waals surface area contributed by atoms with Crippen molar-refractivity contribution in [2.75, 3.05) is 13.1 Å². The van der Waals surface area contributed by atoms with E-state index in [1.165, 1.54) is 20.9 Å². The van der Waals surface area contributed by atoms with E-state index in [-0.39, 0.29) is 12.0 Å². The van der Waals surface area contributed by atoms with Crippen LogP contribution in [0.2, 0.25) is 0 Å². The van der Waals surface area contributed by atoms with Crippen LogP contribution in [0.4, 0.5) is 0 Å². The molecule has 0 radical (unpaired) electrons. The van der Waals surface area contributed by atoms with Gasteiger partial charge in [-0.15, -0.1) is 11.3 Å². The van der Waals surface area contributed by atoms with E-state index in [2.05, 4.69) is 55.1 Å². The Bertz CT molecular complexity index is 686. The Morgan fingerprint density at radius 3 is 2.43 bits per heavy atom. The Morgan fingerprint density at radius 2 is 1.87 bits per heavy atom. The van der Waals surface area contributed by atoms with Crippen LogP contribution in [-0.2, 0) is 4.79 Å². The lowest BCUT2D eigenvalue weighted by Gasteiger charge is -2.37. The average Bonchev–Trinajstić information content (AvgIpc) is 2.96. The van der Waals surface area contributed by atoms with E-state index in [4.69, 9.17) is 0 Å². The van der Waals surface area contributed by atoms with Crippen LogP contribution in [-0.4, -0.2) is 29.1 Å². The van der Waals surface area contributed by atoms with Gasteiger partial charge in [-0.3, -0.25) is 9.69 Å². The number of hydrogen-bond donors (Lipinski definition) is 1. The maximum Gasteiger partial charge on any atom is 0.306 e. The first-order valence-electron chi connectivity index (χ1n) is 8.15. The van der Waals surface area contributed by atoms with E-state index >= 15 is 0 Å². The lowest BCUT2D eigenvalue weighted by Crippen LogP contribution is -2.39. The minimum absolute atomic E-state index is 0.186. The summed E-state index contributed by atoms with van der Waals surface area (Å²) in [5.41, 5.74) is 2.63. The summed E-state index contributed by atoms with van der Waals surface area (Å²) in [6, 6.07) is 13.2. The van der Waals surface area contributed by atoms with Crippen molar-refractivity contribution in [1.82, 2.24) is 4.90 Å². The minimum Gasteiger partial charge on any atom is -0.481 e. The maximum atomic E-state index is 11.2. The molecule has 122 valence electrons. The van der Waals surface area contributed by atoms with E-state index in [1.807, 2.05) is 11.3 Å². The molecule has 23 heavy (non-hydrogen) atoms. The van der Waals surface area contributed by atoms with Crippen LogP contribution in [0.5, 0.6) is 0 Å². The summed E-state index contributed by atoms with van der Waals surface area (Å²) in [6.07, 6.45) is 1.48. The first kappa shape index (κ1) is 16.2. The molecular weight excluding hydrogens is 306 g/mol. The van der Waals surface area contributed by atoms with Crippen molar-refractivity contribution in [1.29, 1.82) is 0 Å². The van der Waals surface area contributed by atoms with Crippen LogP contribution in [0.15, 0.2) is 36.4 Å². The number of aryl methyl sites for hydroxylation is 2. The molecule has 2 aromatic rings. The summed E-state index contributed by atoms with van der Waals surface area (Å²) in [7, 11) is 0. The number of carboxylic acids is 1. The highest BCUT2D eigenvalue weighted by atomic mass is 32.1. The molecule has 1 atom stereocenters. The van der Waals surface area contributed by atoms with Crippen molar-refractivity contribution < 1.29 is 9.90 Å². The summed E-state index contributed by atoms with van der Waals surface area (Å²) in [6.45, 7) is 5.98. The van der Waals surface area contributed by atoms with Gasteiger partial charge in [-0.2, -0.15) is 0 Å². The summed E-state index contributed by atoms with van der Waals surface area (Å²) in [5.74, 6) is -0.835. The van der Waals surface area contributed by atoms with Gasteiger partial charge in [-0.25, -0.2) is 0 Å². The van der Waals surface area contributed by atoms with Gasteiger partial charge in [0.05, 0.1) is 12.0 Å². The lowest BCUT2D eigenvalue weighted by atomic mass is 9.92. The molecule has 0 spiro atoms. The number of rotatable bonds is 4. The standard InChI is InChI=1S/C19H23NO2S/c1-13-5-3-4-6-16(13)18(17-8-7-14(2)23-17)20-11-9-15(10-12-20)19(21)22/h3-8,15,18H,9-12H2,1-2H3,(H,21,22). The molecule has 1 aromatic heterocycles. The number of thiophene rings is 1. The van der Waals surface area contributed by atoms with Crippen molar-refractivity contribution in [3.8, 4) is 0 Å². The Morgan fingerprint density at radius 1 is 1.17 bits per heavy atom. The zero-order valence-corrected chi connectivity index (χ0v) is 14.5. The second kappa shape index (κ2) is 6.85. The Balaban J connectivity index is 1.91. The Hall–Kier alpha value is -1.65. The smallest absolute Gasteiger partial charge is 0.306 e. The highest BCUT2D eigenvalue weighted by molar-refractivity contribution is 7.12. The first-order valence-corrected chi connectivity index (χ1v) is 8.96. The summed E-state index contributed by atoms with van der Waals surface area (Å²) in [5, 5.41) is 9.23. The van der Waals surface area contributed by atoms with Gasteiger partial charge in [-0.05, 0) is 63.0 Å². The van der Waals surface area contributed by atoms with Crippen molar-refractivity contribution in [3.05, 3.63) is 57.3 Å². The van der Waals surface area contributed by atoms with E-state index in [9.17, 15) is 9.90 Å². The number of nitrogens with zero attached hydrogens (tertiary/aromatic N) is 1. The quantitative estimate of drug-likeness (QED) is 0.911. The van der Waals surface area contributed by atoms with E-state index in [0.29, 0.717) is 0 Å². The number of carboxylic acid groups (broad SMARTS) is 1. The molecule has 1 unspecified atom stereocenters. The SMILES string of the molecule is Cc1ccc(C(c2ccccc2C)N2CCC(C(=O)O)CC2)s1. The zero-order valence-electron chi connectivity index (χ0n) is 13.7. The predicted molar refractivity (Wildman–Crippen MR) is 94.0 cm³/mol. The van der Waals surface area contributed by atoms with Gasteiger partial charge < -0.3 is 5.11 Å². The molecule has 1 saturated heterocycles. The van der Waals surface area contributed by atoms with Gasteiger partial charge in [0.25, 0.3) is 0 Å². The molecular formula is C19H23NO2S. The number of aliphatic carboxylic acids is 1. The highest BCUT2D eigenvalue weighted by Gasteiger charge is 2.31. The molecule has 3 rings (SSSR count). The number of carbonyl (C=O) groups is 1. The largest absolute Gasteiger partial charge is 0.481 e. The molecule has 4 heteroatoms. The van der Waals surface area contributed by atoms with Gasteiger partial charge in [0.15, 0.2) is 0 Å². The molecule has 0 amide bonds. The van der Waals surface area contributed by atoms with Crippen LogP contribution in [0.3, 0.4) is 0 Å². The minimum atomic E-state index is -0.649. The molecule has 0 saturated carbocycles. The third-order valence-electron chi connectivity index (χ3n) is 4.76. The highest BCUT2D eigenvalue weighted by Crippen LogP contribution is 2.37. The second-order valence-electron chi connectivity index (χ2n) is 6.36. The number of benzene rings is 1. The number of hydrogen-bond acceptors (Lipinski definition) is 3. The van der Waals surface area contributed by atoms with E-state index < -0.39 is 5.97 Å². The topological polar surface area (TPSA) is 40.5 Å². The van der Waals surface area contributed by atoms with E-state index in [0.717, 1.165) is 25.9 Å². The molecule has 0 aliphatic carbocycles. The van der Waals surface area contributed by atoms with Gasteiger partial charge >= 0.3 is 5.97 Å². The molecule has 0 bridgehead atoms. The monoisotopic (exact) mass is 329 g/mol. The Kier molecular flexibility index (Phi) is 4.83. The number of likely N-dealkylation sites (tertiary alicyclic amines) is 1. The van der Waals surface area contributed by atoms with E-state index in [1.54, 1.807) is 0 Å². The van der Waals surface area contributed by atoms with Crippen molar-refractivity contribution >= 4 is 17.3 Å². The molecule has 3 nitrogen and oxygen atoms in total. The van der Waals surface area contributed by atoms with Crippen LogP contribution < -0.4 is 0 Å². The van der Waals surface area contributed by atoms with Crippen LogP contribution in [0, 0.1) is 19.8 Å². The lowest BCUT2D eigenvalue weighted by molar-refractivity contribution is -0.143. The maximum absolute atomic E-state index is 11.2. The molecule has 1 fully saturated rings. The van der Waals surface area contributed by atoms with Gasteiger partial charge in [-0.1, -0.05) is 24.3 Å². The molecule has 2 heterocycles. The summed E-state index contributed by atoms with van der Waals surface area (Å²) < 4.78 is 0. The van der Waals surface area contributed by atoms with Crippen LogP contribution >= 0.6 is 11.3 Å². The normalized spacial score (nSPS) is 18.0. The fraction of sp³-hybridized carbons (Fsp3) is 0.421. The van der Waals surface area contributed by atoms with Crippen LogP contribution in [0.1, 0.15) is 39.8 Å². The fourth-order valence-electron chi connectivity index (χ4n) is 3.43. The predicted octanol–water partition coefficient (Wildman–Crippen LogP) is 4.25. The van der Waals surface area contributed by atoms with Crippen LogP contribution in [0.25, 0.3) is 0 Å². The molecule has 1 aromatic carbocycles. The Labute approximate surface area is 141 Å². The zero-order chi connectivity index (χ0) is 16.4. The average molecular weight is 329 g/mol. The fourth-order valence-corrected chi connectivity index (χ4v) is 4.46. The summed E-state index contributed by atoms with van der Waals surface area (Å²) in [4.78, 5) is 16.3. The van der Waals surface area contributed by atoms with Gasteiger partial charge in [0.1, 0.15) is 0 Å². The third kappa shape index (κ3) is 3.48. The molecule has 1 aliphatic heterocycles. The van der Waals surface area contributed by atoms with Crippen molar-refractivity contribution in [2.45, 2.75) is 32.7 Å². The molecule has 1 aliphatic rings.